The van der Waals surface area contributed by atoms with E-state index in [1.807, 2.05) is 18.2 Å². The van der Waals surface area contributed by atoms with Crippen LogP contribution >= 0.6 is 34.8 Å². The van der Waals surface area contributed by atoms with E-state index in [0.29, 0.717) is 20.8 Å². The average molecular weight is 342 g/mol. The van der Waals surface area contributed by atoms with Gasteiger partial charge in [-0.15, -0.1) is 0 Å². The number of rotatable bonds is 3. The van der Waals surface area contributed by atoms with Gasteiger partial charge in [-0.25, -0.2) is 5.43 Å². The maximum atomic E-state index is 6.23. The lowest BCUT2D eigenvalue weighted by Gasteiger charge is -2.15. The van der Waals surface area contributed by atoms with Crippen LogP contribution in [0, 0.1) is 0 Å². The number of hydrazine groups is 1. The summed E-state index contributed by atoms with van der Waals surface area (Å²) < 4.78 is 5.82. The lowest BCUT2D eigenvalue weighted by molar-refractivity contribution is 0.477. The van der Waals surface area contributed by atoms with Crippen LogP contribution in [-0.4, -0.2) is 0 Å². The van der Waals surface area contributed by atoms with Gasteiger partial charge in [-0.2, -0.15) is 0 Å². The molecule has 1 heterocycles. The monoisotopic (exact) mass is 340 g/mol. The molecule has 1 aromatic heterocycles. The Kier molecular flexibility index (Phi) is 4.11. The van der Waals surface area contributed by atoms with Crippen molar-refractivity contribution < 1.29 is 4.42 Å². The summed E-state index contributed by atoms with van der Waals surface area (Å²) in [7, 11) is 0. The Labute approximate surface area is 136 Å². The molecule has 0 saturated heterocycles. The van der Waals surface area contributed by atoms with E-state index >= 15 is 0 Å². The van der Waals surface area contributed by atoms with E-state index in [1.54, 1.807) is 24.3 Å². The minimum Gasteiger partial charge on any atom is -0.459 e. The van der Waals surface area contributed by atoms with Gasteiger partial charge in [0.05, 0.1) is 0 Å². The van der Waals surface area contributed by atoms with Crippen LogP contribution in [0.5, 0.6) is 0 Å². The predicted octanol–water partition coefficient (Wildman–Crippen LogP) is 4.95. The molecule has 108 valence electrons. The Balaban J connectivity index is 2.11. The van der Waals surface area contributed by atoms with E-state index in [1.165, 1.54) is 0 Å². The summed E-state index contributed by atoms with van der Waals surface area (Å²) in [6, 6.07) is 12.1. The predicted molar refractivity (Wildman–Crippen MR) is 86.9 cm³/mol. The summed E-state index contributed by atoms with van der Waals surface area (Å²) >= 11 is 18.2. The normalized spacial score (nSPS) is 12.8. The third-order valence-electron chi connectivity index (χ3n) is 3.22. The zero-order chi connectivity index (χ0) is 15.0. The van der Waals surface area contributed by atoms with E-state index in [4.69, 9.17) is 45.1 Å². The largest absolute Gasteiger partial charge is 0.459 e. The van der Waals surface area contributed by atoms with Gasteiger partial charge >= 0.3 is 0 Å². The fourth-order valence-electron chi connectivity index (χ4n) is 2.24. The van der Waals surface area contributed by atoms with Gasteiger partial charge in [-0.3, -0.25) is 5.84 Å². The molecule has 0 saturated carbocycles. The second-order valence-corrected chi connectivity index (χ2v) is 5.88. The highest BCUT2D eigenvalue weighted by molar-refractivity contribution is 6.33. The molecule has 0 aliphatic carbocycles. The molecular weight excluding hydrogens is 331 g/mol. The minimum absolute atomic E-state index is 0.401. The van der Waals surface area contributed by atoms with E-state index in [9.17, 15) is 0 Å². The van der Waals surface area contributed by atoms with Crippen LogP contribution in [0.3, 0.4) is 0 Å². The summed E-state index contributed by atoms with van der Waals surface area (Å²) in [6.07, 6.45) is 0. The second kappa shape index (κ2) is 5.87. The number of nitrogens with one attached hydrogen (secondary N) is 1. The Morgan fingerprint density at radius 1 is 0.952 bits per heavy atom. The first-order valence-corrected chi connectivity index (χ1v) is 7.32. The van der Waals surface area contributed by atoms with Crippen molar-refractivity contribution >= 4 is 45.8 Å². The Hall–Kier alpha value is -1.23. The van der Waals surface area contributed by atoms with Crippen LogP contribution in [0.1, 0.15) is 17.4 Å². The highest BCUT2D eigenvalue weighted by Crippen LogP contribution is 2.33. The lowest BCUT2D eigenvalue weighted by Crippen LogP contribution is -2.28. The van der Waals surface area contributed by atoms with Crippen LogP contribution in [0.2, 0.25) is 15.1 Å². The summed E-state index contributed by atoms with van der Waals surface area (Å²) in [4.78, 5) is 0. The maximum absolute atomic E-state index is 6.23. The van der Waals surface area contributed by atoms with E-state index in [2.05, 4.69) is 5.43 Å². The Morgan fingerprint density at radius 2 is 1.67 bits per heavy atom. The molecule has 3 rings (SSSR count). The van der Waals surface area contributed by atoms with Gasteiger partial charge in [-0.05, 0) is 48.0 Å². The number of fused-ring (bicyclic) bond motifs is 1. The smallest absolute Gasteiger partial charge is 0.134 e. The van der Waals surface area contributed by atoms with Gasteiger partial charge in [-0.1, -0.05) is 34.8 Å². The van der Waals surface area contributed by atoms with Crippen molar-refractivity contribution in [2.45, 2.75) is 6.04 Å². The summed E-state index contributed by atoms with van der Waals surface area (Å²) in [5.41, 5.74) is 4.18. The van der Waals surface area contributed by atoms with Crippen molar-refractivity contribution in [2.75, 3.05) is 0 Å². The highest BCUT2D eigenvalue weighted by Gasteiger charge is 2.20. The molecular formula is C15H11Cl3N2O. The van der Waals surface area contributed by atoms with E-state index in [-0.39, 0.29) is 0 Å². The number of nitrogens with two attached hydrogens (primary N) is 1. The van der Waals surface area contributed by atoms with Crippen molar-refractivity contribution in [2.24, 2.45) is 5.84 Å². The molecule has 3 nitrogen and oxygen atoms in total. The maximum Gasteiger partial charge on any atom is 0.134 e. The van der Waals surface area contributed by atoms with Crippen LogP contribution in [0.4, 0.5) is 0 Å². The molecule has 1 unspecified atom stereocenters. The van der Waals surface area contributed by atoms with Gasteiger partial charge in [0, 0.05) is 20.5 Å². The van der Waals surface area contributed by atoms with Crippen LogP contribution < -0.4 is 11.3 Å². The van der Waals surface area contributed by atoms with Gasteiger partial charge < -0.3 is 4.42 Å². The summed E-state index contributed by atoms with van der Waals surface area (Å²) in [5, 5.41) is 2.68. The SMILES string of the molecule is NNC(c1cc2cc(Cl)ccc2o1)c1cc(Cl)ccc1Cl. The quantitative estimate of drug-likeness (QED) is 0.524. The standard InChI is InChI=1S/C15H11Cl3N2O/c16-9-2-4-13-8(5-9)6-14(21-13)15(20-19)11-7-10(17)1-3-12(11)18/h1-7,15,20H,19H2. The third-order valence-corrected chi connectivity index (χ3v) is 4.03. The molecule has 0 aliphatic heterocycles. The van der Waals surface area contributed by atoms with Crippen molar-refractivity contribution in [1.82, 2.24) is 5.43 Å². The summed E-state index contributed by atoms with van der Waals surface area (Å²) in [5.74, 6) is 6.31. The molecule has 0 amide bonds. The first-order chi connectivity index (χ1) is 10.1. The minimum atomic E-state index is -0.401. The van der Waals surface area contributed by atoms with Crippen molar-refractivity contribution in [3.63, 3.8) is 0 Å². The Morgan fingerprint density at radius 3 is 2.43 bits per heavy atom. The molecule has 6 heteroatoms. The van der Waals surface area contributed by atoms with Crippen LogP contribution in [-0.2, 0) is 0 Å². The molecule has 0 fully saturated rings. The van der Waals surface area contributed by atoms with E-state index < -0.39 is 6.04 Å². The number of hydrogen-bond donors (Lipinski definition) is 2. The second-order valence-electron chi connectivity index (χ2n) is 4.60. The first-order valence-electron chi connectivity index (χ1n) is 6.18. The van der Waals surface area contributed by atoms with E-state index in [0.717, 1.165) is 16.5 Å². The molecule has 2 aromatic carbocycles. The fourth-order valence-corrected chi connectivity index (χ4v) is 2.83. The number of benzene rings is 2. The van der Waals surface area contributed by atoms with Gasteiger partial charge in [0.25, 0.3) is 0 Å². The molecule has 21 heavy (non-hydrogen) atoms. The van der Waals surface area contributed by atoms with Gasteiger partial charge in [0.2, 0.25) is 0 Å². The molecule has 3 aromatic rings. The van der Waals surface area contributed by atoms with Gasteiger partial charge in [0.15, 0.2) is 0 Å². The van der Waals surface area contributed by atoms with Crippen molar-refractivity contribution in [3.8, 4) is 0 Å². The fraction of sp³-hybridized carbons (Fsp3) is 0.0667. The molecule has 0 radical (unpaired) electrons. The zero-order valence-corrected chi connectivity index (χ0v) is 13.0. The Bertz CT molecular complexity index is 801. The van der Waals surface area contributed by atoms with Crippen LogP contribution in [0.15, 0.2) is 46.9 Å². The third kappa shape index (κ3) is 2.89. The molecule has 0 aliphatic rings. The number of furan rings is 1. The van der Waals surface area contributed by atoms with Crippen molar-refractivity contribution in [1.29, 1.82) is 0 Å². The highest BCUT2D eigenvalue weighted by atomic mass is 35.5. The van der Waals surface area contributed by atoms with Gasteiger partial charge in [0.1, 0.15) is 17.4 Å². The molecule has 1 atom stereocenters. The average Bonchev–Trinajstić information content (AvgIpc) is 2.86. The first kappa shape index (κ1) is 14.7. The molecule has 3 N–H and O–H groups in total. The van der Waals surface area contributed by atoms with Crippen LogP contribution in [0.25, 0.3) is 11.0 Å². The number of halogens is 3. The zero-order valence-electron chi connectivity index (χ0n) is 10.7. The molecule has 0 spiro atoms. The van der Waals surface area contributed by atoms with Crippen molar-refractivity contribution in [3.05, 3.63) is 68.9 Å². The topological polar surface area (TPSA) is 51.2 Å². The number of hydrogen-bond acceptors (Lipinski definition) is 3. The molecule has 0 bridgehead atoms. The lowest BCUT2D eigenvalue weighted by atomic mass is 10.0. The summed E-state index contributed by atoms with van der Waals surface area (Å²) in [6.45, 7) is 0.